The van der Waals surface area contributed by atoms with Crippen LogP contribution in [0.5, 0.6) is 11.5 Å². The minimum atomic E-state index is -0.894. The molecule has 11 heteroatoms. The summed E-state index contributed by atoms with van der Waals surface area (Å²) in [5.41, 5.74) is 10.00. The Morgan fingerprint density at radius 3 is 2.36 bits per heavy atom. The molecule has 0 saturated carbocycles. The van der Waals surface area contributed by atoms with Gasteiger partial charge in [-0.25, -0.2) is 13.6 Å². The van der Waals surface area contributed by atoms with Crippen LogP contribution in [0, 0.1) is 31.4 Å². The van der Waals surface area contributed by atoms with E-state index in [4.69, 9.17) is 14.2 Å². The minimum absolute atomic E-state index is 0.202. The van der Waals surface area contributed by atoms with Gasteiger partial charge in [-0.05, 0) is 121 Å². The van der Waals surface area contributed by atoms with Crippen LogP contribution in [0.3, 0.4) is 0 Å². The van der Waals surface area contributed by atoms with Gasteiger partial charge in [-0.2, -0.15) is 0 Å². The number of hydrogen-bond acceptors (Lipinski definition) is 8. The van der Waals surface area contributed by atoms with Gasteiger partial charge in [0.25, 0.3) is 0 Å². The number of carbonyl (C=O) groups is 2. The minimum Gasteiger partial charge on any atom is -0.486 e. The van der Waals surface area contributed by atoms with Crippen LogP contribution in [0.25, 0.3) is 11.1 Å². The summed E-state index contributed by atoms with van der Waals surface area (Å²) >= 11 is 0. The summed E-state index contributed by atoms with van der Waals surface area (Å²) in [5, 5.41) is 3.08. The van der Waals surface area contributed by atoms with Gasteiger partial charge >= 0.3 is 5.97 Å². The number of methoxy groups -OCH3 is 1. The summed E-state index contributed by atoms with van der Waals surface area (Å²) in [6.45, 7) is 12.9. The Labute approximate surface area is 358 Å². The Morgan fingerprint density at radius 2 is 1.67 bits per heavy atom. The molecule has 1 aromatic heterocycles. The molecule has 61 heavy (non-hydrogen) atoms. The molecular weight excluding hydrogens is 775 g/mol. The van der Waals surface area contributed by atoms with Crippen molar-refractivity contribution in [2.75, 3.05) is 27.2 Å². The second-order valence-corrected chi connectivity index (χ2v) is 16.9. The predicted octanol–water partition coefficient (Wildman–Crippen LogP) is 9.02. The average Bonchev–Trinajstić information content (AvgIpc) is 3.40. The fraction of sp³-hybridized carbons (Fsp3) is 0.380. The lowest BCUT2D eigenvalue weighted by atomic mass is 9.90. The molecule has 0 radical (unpaired) electrons. The number of nitrogens with zero attached hydrogens (tertiary/aromatic N) is 3. The molecular formula is C50H56F2N4O5. The number of benzene rings is 4. The number of hydrogen-bond donors (Lipinski definition) is 1. The maximum atomic E-state index is 14.3. The number of esters is 1. The highest BCUT2D eigenvalue weighted by molar-refractivity contribution is 5.88. The zero-order valence-corrected chi connectivity index (χ0v) is 36.1. The number of amides is 1. The summed E-state index contributed by atoms with van der Waals surface area (Å²) in [5.74, 6) is -0.729. The van der Waals surface area contributed by atoms with Crippen molar-refractivity contribution < 1.29 is 32.6 Å². The number of halogens is 2. The Balaban J connectivity index is 1.06. The summed E-state index contributed by atoms with van der Waals surface area (Å²) < 4.78 is 45.7. The number of nitrogens with one attached hydrogen (secondary N) is 1. The Morgan fingerprint density at radius 1 is 0.918 bits per heavy atom. The molecule has 320 valence electrons. The second kappa shape index (κ2) is 19.0. The van der Waals surface area contributed by atoms with Crippen LogP contribution >= 0.6 is 0 Å². The molecule has 0 saturated heterocycles. The predicted molar refractivity (Wildman–Crippen MR) is 232 cm³/mol. The largest absolute Gasteiger partial charge is 0.486 e. The van der Waals surface area contributed by atoms with Gasteiger partial charge in [0, 0.05) is 50.1 Å². The number of rotatable bonds is 13. The Bertz CT molecular complexity index is 2350. The normalized spacial score (nSPS) is 17.7. The van der Waals surface area contributed by atoms with Crippen molar-refractivity contribution in [3.63, 3.8) is 0 Å². The lowest BCUT2D eigenvalue weighted by Crippen LogP contribution is -2.55. The fourth-order valence-electron chi connectivity index (χ4n) is 8.51. The molecule has 2 aliphatic rings. The Hall–Kier alpha value is -5.65. The summed E-state index contributed by atoms with van der Waals surface area (Å²) in [6.07, 6.45) is 2.51. The molecule has 3 heterocycles. The number of aromatic nitrogens is 1. The molecule has 4 aromatic carbocycles. The first-order chi connectivity index (χ1) is 29.3. The van der Waals surface area contributed by atoms with Crippen LogP contribution in [0.15, 0.2) is 91.1 Å². The highest BCUT2D eigenvalue weighted by Gasteiger charge is 2.36. The van der Waals surface area contributed by atoms with E-state index in [9.17, 15) is 18.4 Å². The third-order valence-electron chi connectivity index (χ3n) is 11.9. The topological polar surface area (TPSA) is 93.2 Å². The second-order valence-electron chi connectivity index (χ2n) is 16.9. The first kappa shape index (κ1) is 43.4. The van der Waals surface area contributed by atoms with Gasteiger partial charge in [-0.1, -0.05) is 69.3 Å². The van der Waals surface area contributed by atoms with Crippen LogP contribution in [0.4, 0.5) is 8.78 Å². The molecule has 7 rings (SSSR count). The van der Waals surface area contributed by atoms with E-state index in [-0.39, 0.29) is 12.0 Å². The van der Waals surface area contributed by atoms with Crippen molar-refractivity contribution >= 4 is 11.9 Å². The highest BCUT2D eigenvalue weighted by Crippen LogP contribution is 2.37. The standard InChI is InChI=1S/C50H56F2N4O5/c1-8-46(36-15-18-42(51)43(52)23-36)60-40-16-13-35(14-17-40)48-29-55(6)27-39-22-37-24-45(56(26-30(2)3)28-38(37)25-47(39)61-48)49(57)54-44(50(58)59-7)21-33-9-11-34(12-10-33)41-19-20-53-32(5)31(41)4/h9-20,22-23,25,30,44-46,48H,8,21,24,26-29H2,1-7H3,(H,54,57)/t44-,45-,46+,48+/m0/s1. The highest BCUT2D eigenvalue weighted by atomic mass is 19.2. The summed E-state index contributed by atoms with van der Waals surface area (Å²) in [7, 11) is 3.42. The van der Waals surface area contributed by atoms with Crippen LogP contribution in [0.2, 0.25) is 0 Å². The molecule has 0 spiro atoms. The fourth-order valence-corrected chi connectivity index (χ4v) is 8.51. The molecule has 0 aliphatic carbocycles. The number of ether oxygens (including phenoxy) is 3. The van der Waals surface area contributed by atoms with Gasteiger partial charge in [0.15, 0.2) is 11.6 Å². The zero-order chi connectivity index (χ0) is 43.4. The van der Waals surface area contributed by atoms with Gasteiger partial charge < -0.3 is 19.5 Å². The van der Waals surface area contributed by atoms with Gasteiger partial charge in [-0.3, -0.25) is 19.6 Å². The maximum Gasteiger partial charge on any atom is 0.328 e. The first-order valence-corrected chi connectivity index (χ1v) is 21.1. The number of aryl methyl sites for hydroxylation is 1. The van der Waals surface area contributed by atoms with E-state index in [1.54, 1.807) is 6.07 Å². The van der Waals surface area contributed by atoms with Crippen molar-refractivity contribution in [1.82, 2.24) is 20.1 Å². The van der Waals surface area contributed by atoms with Gasteiger partial charge in [0.1, 0.15) is 29.7 Å². The van der Waals surface area contributed by atoms with Crippen LogP contribution in [-0.4, -0.2) is 66.0 Å². The Kier molecular flexibility index (Phi) is 13.5. The van der Waals surface area contributed by atoms with E-state index in [1.807, 2.05) is 74.6 Å². The molecule has 5 aromatic rings. The monoisotopic (exact) mass is 830 g/mol. The molecule has 9 nitrogen and oxygen atoms in total. The molecule has 0 bridgehead atoms. The van der Waals surface area contributed by atoms with Gasteiger partial charge in [0.05, 0.1) is 13.2 Å². The quantitative estimate of drug-likeness (QED) is 0.118. The van der Waals surface area contributed by atoms with E-state index in [2.05, 4.69) is 60.1 Å². The van der Waals surface area contributed by atoms with Crippen LogP contribution in [0.1, 0.15) is 84.0 Å². The molecule has 2 aliphatic heterocycles. The SMILES string of the molecule is CC[C@@H](Oc1ccc([C@H]2CN(C)Cc3cc4c(cc3O2)CN(CC(C)C)[C@H](C(=O)N[C@@H](Cc2ccc(-c3ccnc(C)c3C)cc2)C(=O)OC)C4)cc1)c1ccc(F)c(F)c1. The third kappa shape index (κ3) is 10.1. The van der Waals surface area contributed by atoms with E-state index in [1.165, 1.54) is 13.2 Å². The van der Waals surface area contributed by atoms with Crippen LogP contribution in [-0.2, 0) is 40.3 Å². The number of likely N-dealkylation sites (N-methyl/N-ethyl adjacent to an activating group) is 1. The molecule has 1 amide bonds. The summed E-state index contributed by atoms with van der Waals surface area (Å²) in [6, 6.07) is 24.7. The van der Waals surface area contributed by atoms with Crippen molar-refractivity contribution in [1.29, 1.82) is 0 Å². The van der Waals surface area contributed by atoms with Crippen molar-refractivity contribution in [3.8, 4) is 22.6 Å². The van der Waals surface area contributed by atoms with Crippen LogP contribution < -0.4 is 14.8 Å². The lowest BCUT2D eigenvalue weighted by molar-refractivity contribution is -0.145. The lowest BCUT2D eigenvalue weighted by Gasteiger charge is -2.38. The van der Waals surface area contributed by atoms with Gasteiger partial charge in [0.2, 0.25) is 5.91 Å². The van der Waals surface area contributed by atoms with E-state index in [0.717, 1.165) is 62.0 Å². The summed E-state index contributed by atoms with van der Waals surface area (Å²) in [4.78, 5) is 36.3. The van der Waals surface area contributed by atoms with Crippen molar-refractivity contribution in [3.05, 3.63) is 147 Å². The van der Waals surface area contributed by atoms with Crippen molar-refractivity contribution in [2.45, 2.75) is 91.3 Å². The number of pyridine rings is 1. The van der Waals surface area contributed by atoms with E-state index >= 15 is 0 Å². The number of carbonyl (C=O) groups excluding carboxylic acids is 2. The first-order valence-electron chi connectivity index (χ1n) is 21.1. The molecule has 0 fully saturated rings. The third-order valence-corrected chi connectivity index (χ3v) is 11.9. The van der Waals surface area contributed by atoms with E-state index < -0.39 is 35.8 Å². The van der Waals surface area contributed by atoms with Gasteiger partial charge in [-0.15, -0.1) is 0 Å². The molecule has 4 atom stereocenters. The average molecular weight is 831 g/mol. The number of fused-ring (bicyclic) bond motifs is 2. The maximum absolute atomic E-state index is 14.3. The zero-order valence-electron chi connectivity index (χ0n) is 36.1. The molecule has 1 N–H and O–H groups in total. The smallest absolute Gasteiger partial charge is 0.328 e. The van der Waals surface area contributed by atoms with Crippen molar-refractivity contribution in [2.24, 2.45) is 5.92 Å². The molecule has 0 unspecified atom stereocenters. The van der Waals surface area contributed by atoms with E-state index in [0.29, 0.717) is 62.7 Å².